The number of sulfonamides is 1. The summed E-state index contributed by atoms with van der Waals surface area (Å²) < 4.78 is 29.8. The van der Waals surface area contributed by atoms with Crippen LogP contribution in [0.25, 0.3) is 10.4 Å². The highest BCUT2D eigenvalue weighted by atomic mass is 32.2. The van der Waals surface area contributed by atoms with E-state index in [1.807, 2.05) is 34.2 Å². The third kappa shape index (κ3) is 2.82. The van der Waals surface area contributed by atoms with Crippen LogP contribution in [0, 0.1) is 5.92 Å². The van der Waals surface area contributed by atoms with E-state index in [1.54, 1.807) is 33.2 Å². The Morgan fingerprint density at radius 1 is 0.963 bits per heavy atom. The monoisotopic (exact) mass is 418 g/mol. The van der Waals surface area contributed by atoms with Gasteiger partial charge in [0, 0.05) is 36.1 Å². The molecule has 0 amide bonds. The Kier molecular flexibility index (Phi) is 4.12. The lowest BCUT2D eigenvalue weighted by atomic mass is 9.84. The van der Waals surface area contributed by atoms with Gasteiger partial charge in [-0.05, 0) is 47.4 Å². The first-order chi connectivity index (χ1) is 13.0. The van der Waals surface area contributed by atoms with Crippen molar-refractivity contribution in [3.63, 3.8) is 0 Å². The second kappa shape index (κ2) is 6.41. The van der Waals surface area contributed by atoms with Crippen LogP contribution in [0.5, 0.6) is 0 Å². The lowest BCUT2D eigenvalue weighted by Gasteiger charge is -2.42. The highest BCUT2D eigenvalue weighted by Crippen LogP contribution is 2.38. The van der Waals surface area contributed by atoms with Crippen molar-refractivity contribution in [1.82, 2.24) is 8.87 Å². The predicted octanol–water partition coefficient (Wildman–Crippen LogP) is 3.45. The zero-order valence-electron chi connectivity index (χ0n) is 14.4. The Hall–Kier alpha value is -1.74. The summed E-state index contributed by atoms with van der Waals surface area (Å²) in [6, 6.07) is 11.3. The fraction of sp³-hybridized carbons (Fsp3) is 0.316. The normalized spacial score (nSPS) is 22.5. The van der Waals surface area contributed by atoms with Crippen LogP contribution in [0.4, 0.5) is 0 Å². The van der Waals surface area contributed by atoms with E-state index >= 15 is 0 Å². The molecule has 140 valence electrons. The number of aromatic nitrogens is 1. The van der Waals surface area contributed by atoms with Gasteiger partial charge in [0.25, 0.3) is 15.6 Å². The van der Waals surface area contributed by atoms with Crippen LogP contribution < -0.4 is 5.56 Å². The highest BCUT2D eigenvalue weighted by molar-refractivity contribution is 7.91. The highest BCUT2D eigenvalue weighted by Gasteiger charge is 2.40. The molecule has 0 aliphatic carbocycles. The van der Waals surface area contributed by atoms with Crippen LogP contribution in [-0.2, 0) is 16.6 Å². The molecule has 2 atom stereocenters. The standard InChI is InChI=1S/C19H18N2O3S3/c22-19-15(17-3-1-7-25-17)5-6-16-14-9-13(11-21(16)19)10-20(12-14)27(23,24)18-4-2-8-26-18/h1-8,13-14H,9-12H2/t13-,14-/m1/s1. The minimum absolute atomic E-state index is 0.0409. The topological polar surface area (TPSA) is 59.4 Å². The maximum absolute atomic E-state index is 13.0. The third-order valence-electron chi connectivity index (χ3n) is 5.45. The molecular weight excluding hydrogens is 400 g/mol. The zero-order chi connectivity index (χ0) is 18.6. The van der Waals surface area contributed by atoms with Crippen LogP contribution in [-0.4, -0.2) is 30.4 Å². The molecule has 0 N–H and O–H groups in total. The summed E-state index contributed by atoms with van der Waals surface area (Å²) >= 11 is 2.82. The van der Waals surface area contributed by atoms with Gasteiger partial charge in [0.05, 0.1) is 5.56 Å². The van der Waals surface area contributed by atoms with E-state index < -0.39 is 10.0 Å². The van der Waals surface area contributed by atoms with Crippen molar-refractivity contribution < 1.29 is 8.42 Å². The molecule has 0 radical (unpaired) electrons. The molecule has 2 bridgehead atoms. The molecule has 3 aromatic rings. The van der Waals surface area contributed by atoms with Gasteiger partial charge in [0.15, 0.2) is 0 Å². The fourth-order valence-corrected chi connectivity index (χ4v) is 7.70. The van der Waals surface area contributed by atoms with E-state index in [4.69, 9.17) is 0 Å². The van der Waals surface area contributed by atoms with Gasteiger partial charge < -0.3 is 4.57 Å². The molecule has 5 rings (SSSR count). The molecular formula is C19H18N2O3S3. The molecule has 5 heterocycles. The molecule has 2 aliphatic rings. The number of pyridine rings is 1. The molecule has 2 aliphatic heterocycles. The number of rotatable bonds is 3. The van der Waals surface area contributed by atoms with Gasteiger partial charge in [-0.3, -0.25) is 4.79 Å². The smallest absolute Gasteiger partial charge is 0.259 e. The average molecular weight is 419 g/mol. The SMILES string of the molecule is O=c1c(-c2cccs2)ccc2n1C[C@@H]1C[C@@H]2CN(S(=O)(=O)c2cccs2)C1. The van der Waals surface area contributed by atoms with E-state index in [-0.39, 0.29) is 17.4 Å². The minimum atomic E-state index is -3.45. The molecule has 1 fully saturated rings. The van der Waals surface area contributed by atoms with E-state index in [9.17, 15) is 13.2 Å². The minimum Gasteiger partial charge on any atom is -0.311 e. The first-order valence-electron chi connectivity index (χ1n) is 8.85. The van der Waals surface area contributed by atoms with Gasteiger partial charge in [-0.15, -0.1) is 22.7 Å². The molecule has 0 aromatic carbocycles. The second-order valence-electron chi connectivity index (χ2n) is 7.12. The van der Waals surface area contributed by atoms with Gasteiger partial charge in [-0.1, -0.05) is 12.1 Å². The fourth-order valence-electron chi connectivity index (χ4n) is 4.26. The van der Waals surface area contributed by atoms with Crippen molar-refractivity contribution in [3.05, 3.63) is 63.2 Å². The van der Waals surface area contributed by atoms with Gasteiger partial charge in [0.2, 0.25) is 0 Å². The van der Waals surface area contributed by atoms with Crippen molar-refractivity contribution in [2.24, 2.45) is 5.92 Å². The van der Waals surface area contributed by atoms with Crippen LogP contribution in [0.15, 0.2) is 56.2 Å². The van der Waals surface area contributed by atoms with Crippen LogP contribution in [0.1, 0.15) is 18.0 Å². The van der Waals surface area contributed by atoms with E-state index in [1.165, 1.54) is 11.3 Å². The molecule has 27 heavy (non-hydrogen) atoms. The molecule has 5 nitrogen and oxygen atoms in total. The van der Waals surface area contributed by atoms with Crippen LogP contribution >= 0.6 is 22.7 Å². The summed E-state index contributed by atoms with van der Waals surface area (Å²) in [7, 11) is -3.45. The largest absolute Gasteiger partial charge is 0.311 e. The van der Waals surface area contributed by atoms with Gasteiger partial charge >= 0.3 is 0 Å². The summed E-state index contributed by atoms with van der Waals surface area (Å²) in [5.74, 6) is 0.236. The van der Waals surface area contributed by atoms with E-state index in [0.29, 0.717) is 23.8 Å². The number of fused-ring (bicyclic) bond motifs is 4. The first kappa shape index (κ1) is 17.4. The van der Waals surface area contributed by atoms with Crippen molar-refractivity contribution in [3.8, 4) is 10.4 Å². The van der Waals surface area contributed by atoms with Crippen molar-refractivity contribution >= 4 is 32.7 Å². The van der Waals surface area contributed by atoms with Gasteiger partial charge in [0.1, 0.15) is 4.21 Å². The average Bonchev–Trinajstić information content (AvgIpc) is 3.36. The molecule has 0 unspecified atom stereocenters. The van der Waals surface area contributed by atoms with Crippen LogP contribution in [0.2, 0.25) is 0 Å². The maximum Gasteiger partial charge on any atom is 0.259 e. The number of nitrogens with zero attached hydrogens (tertiary/aromatic N) is 2. The van der Waals surface area contributed by atoms with Crippen LogP contribution in [0.3, 0.4) is 0 Å². The number of thiophene rings is 2. The summed E-state index contributed by atoms with van der Waals surface area (Å²) in [5, 5.41) is 3.76. The lowest BCUT2D eigenvalue weighted by molar-refractivity contribution is 0.186. The summed E-state index contributed by atoms with van der Waals surface area (Å²) in [6.45, 7) is 1.50. The Morgan fingerprint density at radius 2 is 1.78 bits per heavy atom. The molecule has 3 aromatic heterocycles. The van der Waals surface area contributed by atoms with E-state index in [2.05, 4.69) is 0 Å². The molecule has 0 spiro atoms. The molecule has 1 saturated heterocycles. The first-order valence-corrected chi connectivity index (χ1v) is 12.1. The summed E-state index contributed by atoms with van der Waals surface area (Å²) in [6.07, 6.45) is 0.939. The van der Waals surface area contributed by atoms with Crippen molar-refractivity contribution in [2.45, 2.75) is 23.1 Å². The molecule has 8 heteroatoms. The number of piperidine rings is 1. The van der Waals surface area contributed by atoms with Crippen molar-refractivity contribution in [2.75, 3.05) is 13.1 Å². The Morgan fingerprint density at radius 3 is 2.52 bits per heavy atom. The lowest BCUT2D eigenvalue weighted by Crippen LogP contribution is -2.49. The van der Waals surface area contributed by atoms with Crippen molar-refractivity contribution in [1.29, 1.82) is 0 Å². The Bertz CT molecular complexity index is 1130. The Labute approximate surface area is 165 Å². The quantitative estimate of drug-likeness (QED) is 0.655. The third-order valence-corrected chi connectivity index (χ3v) is 9.55. The second-order valence-corrected chi connectivity index (χ2v) is 11.2. The van der Waals surface area contributed by atoms with E-state index in [0.717, 1.165) is 22.6 Å². The number of hydrogen-bond donors (Lipinski definition) is 0. The summed E-state index contributed by atoms with van der Waals surface area (Å²) in [4.78, 5) is 14.0. The maximum atomic E-state index is 13.0. The number of hydrogen-bond acceptors (Lipinski definition) is 5. The molecule has 0 saturated carbocycles. The summed E-state index contributed by atoms with van der Waals surface area (Å²) in [5.41, 5.74) is 1.73. The zero-order valence-corrected chi connectivity index (χ0v) is 16.9. The predicted molar refractivity (Wildman–Crippen MR) is 108 cm³/mol. The van der Waals surface area contributed by atoms with Gasteiger partial charge in [-0.25, -0.2) is 8.42 Å². The Balaban J connectivity index is 1.52. The van der Waals surface area contributed by atoms with Gasteiger partial charge in [-0.2, -0.15) is 4.31 Å².